The molecule has 1 aromatic heterocycles. The third-order valence-corrected chi connectivity index (χ3v) is 4.16. The van der Waals surface area contributed by atoms with E-state index in [0.717, 1.165) is 0 Å². The van der Waals surface area contributed by atoms with Crippen molar-refractivity contribution in [3.8, 4) is 11.6 Å². The van der Waals surface area contributed by atoms with Gasteiger partial charge in [-0.1, -0.05) is 29.3 Å². The summed E-state index contributed by atoms with van der Waals surface area (Å²) in [5.74, 6) is 0.418. The van der Waals surface area contributed by atoms with Gasteiger partial charge in [-0.3, -0.25) is 9.59 Å². The van der Waals surface area contributed by atoms with E-state index >= 15 is 0 Å². The summed E-state index contributed by atoms with van der Waals surface area (Å²) in [6.45, 7) is 0.387. The van der Waals surface area contributed by atoms with E-state index < -0.39 is 0 Å². The minimum absolute atomic E-state index is 0.0226. The van der Waals surface area contributed by atoms with Crippen LogP contribution < -0.4 is 10.1 Å². The fourth-order valence-electron chi connectivity index (χ4n) is 2.01. The number of carbonyl (C=O) groups is 2. The Balaban J connectivity index is 1.92. The van der Waals surface area contributed by atoms with E-state index in [0.29, 0.717) is 35.2 Å². The van der Waals surface area contributed by atoms with Gasteiger partial charge in [0, 0.05) is 39.2 Å². The Kier molecular flexibility index (Phi) is 7.24. The lowest BCUT2D eigenvalue weighted by Gasteiger charge is -2.10. The standard InChI is InChI=1S/C18H19Cl2N3O3/c1-23(2)17(24)7-4-10-21-18(25)15-5-3-6-16(22-15)26-12-8-9-13(19)14(20)11-12/h3,5-6,8-9,11H,4,7,10H2,1-2H3,(H,21,25). The maximum Gasteiger partial charge on any atom is 0.270 e. The van der Waals surface area contributed by atoms with Crippen LogP contribution in [0.1, 0.15) is 23.3 Å². The first-order chi connectivity index (χ1) is 12.4. The highest BCUT2D eigenvalue weighted by Crippen LogP contribution is 2.28. The molecular weight excluding hydrogens is 377 g/mol. The zero-order valence-corrected chi connectivity index (χ0v) is 16.0. The number of benzene rings is 1. The largest absolute Gasteiger partial charge is 0.439 e. The van der Waals surface area contributed by atoms with Crippen LogP contribution in [0.3, 0.4) is 0 Å². The first-order valence-electron chi connectivity index (χ1n) is 7.95. The lowest BCUT2D eigenvalue weighted by molar-refractivity contribution is -0.128. The number of nitrogens with one attached hydrogen (secondary N) is 1. The molecule has 26 heavy (non-hydrogen) atoms. The average molecular weight is 396 g/mol. The molecule has 0 aliphatic heterocycles. The fraction of sp³-hybridized carbons (Fsp3) is 0.278. The zero-order valence-electron chi connectivity index (χ0n) is 14.5. The molecule has 0 saturated carbocycles. The first kappa shape index (κ1) is 20.0. The molecule has 1 heterocycles. The monoisotopic (exact) mass is 395 g/mol. The van der Waals surface area contributed by atoms with Crippen LogP contribution >= 0.6 is 23.2 Å². The van der Waals surface area contributed by atoms with Crippen molar-refractivity contribution in [2.75, 3.05) is 20.6 Å². The smallest absolute Gasteiger partial charge is 0.270 e. The number of hydrogen-bond acceptors (Lipinski definition) is 4. The Morgan fingerprint density at radius 3 is 2.62 bits per heavy atom. The summed E-state index contributed by atoms with van der Waals surface area (Å²) in [5, 5.41) is 3.52. The van der Waals surface area contributed by atoms with Crippen molar-refractivity contribution >= 4 is 35.0 Å². The second-order valence-corrected chi connectivity index (χ2v) is 6.50. The summed E-state index contributed by atoms with van der Waals surface area (Å²) in [7, 11) is 3.40. The Labute approximate surface area is 162 Å². The summed E-state index contributed by atoms with van der Waals surface area (Å²) in [6.07, 6.45) is 0.934. The average Bonchev–Trinajstić information content (AvgIpc) is 2.61. The van der Waals surface area contributed by atoms with Crippen LogP contribution in [-0.4, -0.2) is 42.3 Å². The van der Waals surface area contributed by atoms with Gasteiger partial charge in [0.2, 0.25) is 11.8 Å². The lowest BCUT2D eigenvalue weighted by atomic mass is 10.2. The molecule has 0 saturated heterocycles. The van der Waals surface area contributed by atoms with E-state index in [2.05, 4.69) is 10.3 Å². The summed E-state index contributed by atoms with van der Waals surface area (Å²) < 4.78 is 5.60. The van der Waals surface area contributed by atoms with Crippen molar-refractivity contribution in [2.45, 2.75) is 12.8 Å². The number of aromatic nitrogens is 1. The summed E-state index contributed by atoms with van der Waals surface area (Å²) in [6, 6.07) is 9.73. The van der Waals surface area contributed by atoms with Crippen LogP contribution in [0.15, 0.2) is 36.4 Å². The maximum absolute atomic E-state index is 12.2. The van der Waals surface area contributed by atoms with Gasteiger partial charge >= 0.3 is 0 Å². The molecule has 0 bridgehead atoms. The SMILES string of the molecule is CN(C)C(=O)CCCNC(=O)c1cccc(Oc2ccc(Cl)c(Cl)c2)n1. The normalized spacial score (nSPS) is 10.3. The van der Waals surface area contributed by atoms with Crippen molar-refractivity contribution in [1.82, 2.24) is 15.2 Å². The van der Waals surface area contributed by atoms with Crippen molar-refractivity contribution in [3.63, 3.8) is 0 Å². The number of hydrogen-bond donors (Lipinski definition) is 1. The Hall–Kier alpha value is -2.31. The molecule has 1 N–H and O–H groups in total. The quantitative estimate of drug-likeness (QED) is 0.724. The number of nitrogens with zero attached hydrogens (tertiary/aromatic N) is 2. The topological polar surface area (TPSA) is 71.5 Å². The minimum atomic E-state index is -0.332. The van der Waals surface area contributed by atoms with E-state index in [4.69, 9.17) is 27.9 Å². The van der Waals surface area contributed by atoms with Gasteiger partial charge in [0.1, 0.15) is 11.4 Å². The van der Waals surface area contributed by atoms with E-state index in [9.17, 15) is 9.59 Å². The van der Waals surface area contributed by atoms with Crippen LogP contribution in [0, 0.1) is 0 Å². The molecular formula is C18H19Cl2N3O3. The summed E-state index contributed by atoms with van der Waals surface area (Å²) in [4.78, 5) is 29.3. The Bertz CT molecular complexity index is 797. The second kappa shape index (κ2) is 9.40. The van der Waals surface area contributed by atoms with Gasteiger partial charge in [-0.05, 0) is 24.6 Å². The first-order valence-corrected chi connectivity index (χ1v) is 8.70. The van der Waals surface area contributed by atoms with Crippen LogP contribution in [-0.2, 0) is 4.79 Å². The summed E-state index contributed by atoms with van der Waals surface area (Å²) >= 11 is 11.8. The van der Waals surface area contributed by atoms with Crippen molar-refractivity contribution in [1.29, 1.82) is 0 Å². The van der Waals surface area contributed by atoms with E-state index in [1.165, 1.54) is 4.90 Å². The lowest BCUT2D eigenvalue weighted by Crippen LogP contribution is -2.27. The number of carbonyl (C=O) groups excluding carboxylic acids is 2. The number of halogens is 2. The molecule has 0 atom stereocenters. The van der Waals surface area contributed by atoms with Gasteiger partial charge in [-0.15, -0.1) is 0 Å². The highest BCUT2D eigenvalue weighted by molar-refractivity contribution is 6.42. The molecule has 2 amide bonds. The molecule has 6 nitrogen and oxygen atoms in total. The maximum atomic E-state index is 12.2. The number of amides is 2. The van der Waals surface area contributed by atoms with Gasteiger partial charge in [-0.25, -0.2) is 4.98 Å². The Morgan fingerprint density at radius 2 is 1.92 bits per heavy atom. The molecule has 0 aliphatic rings. The number of pyridine rings is 1. The number of ether oxygens (including phenoxy) is 1. The molecule has 0 radical (unpaired) electrons. The molecule has 138 valence electrons. The zero-order chi connectivity index (χ0) is 19.1. The van der Waals surface area contributed by atoms with E-state index in [-0.39, 0.29) is 23.4 Å². The minimum Gasteiger partial charge on any atom is -0.439 e. The molecule has 0 aliphatic carbocycles. The van der Waals surface area contributed by atoms with Crippen LogP contribution in [0.25, 0.3) is 0 Å². The van der Waals surface area contributed by atoms with Gasteiger partial charge < -0.3 is 15.0 Å². The second-order valence-electron chi connectivity index (χ2n) is 5.69. The van der Waals surface area contributed by atoms with Crippen LogP contribution in [0.2, 0.25) is 10.0 Å². The van der Waals surface area contributed by atoms with Crippen molar-refractivity contribution < 1.29 is 14.3 Å². The van der Waals surface area contributed by atoms with Gasteiger partial charge in [0.25, 0.3) is 5.91 Å². The van der Waals surface area contributed by atoms with E-state index in [1.807, 2.05) is 0 Å². The third-order valence-electron chi connectivity index (χ3n) is 3.42. The summed E-state index contributed by atoms with van der Waals surface area (Å²) in [5.41, 5.74) is 0.224. The van der Waals surface area contributed by atoms with Gasteiger partial charge in [-0.2, -0.15) is 0 Å². The number of rotatable bonds is 7. The van der Waals surface area contributed by atoms with E-state index in [1.54, 1.807) is 50.5 Å². The third kappa shape index (κ3) is 5.89. The molecule has 0 fully saturated rings. The van der Waals surface area contributed by atoms with Crippen LogP contribution in [0.4, 0.5) is 0 Å². The van der Waals surface area contributed by atoms with Gasteiger partial charge in [0.15, 0.2) is 0 Å². The molecule has 0 unspecified atom stereocenters. The van der Waals surface area contributed by atoms with Crippen molar-refractivity contribution in [3.05, 3.63) is 52.1 Å². The fourth-order valence-corrected chi connectivity index (χ4v) is 2.30. The Morgan fingerprint density at radius 1 is 1.15 bits per heavy atom. The molecule has 1 aromatic carbocycles. The molecule has 2 rings (SSSR count). The molecule has 0 spiro atoms. The van der Waals surface area contributed by atoms with Crippen LogP contribution in [0.5, 0.6) is 11.6 Å². The molecule has 2 aromatic rings. The highest BCUT2D eigenvalue weighted by atomic mass is 35.5. The predicted octanol–water partition coefficient (Wildman–Crippen LogP) is 3.78. The predicted molar refractivity (Wildman–Crippen MR) is 101 cm³/mol. The molecule has 8 heteroatoms. The highest BCUT2D eigenvalue weighted by Gasteiger charge is 2.10. The van der Waals surface area contributed by atoms with Gasteiger partial charge in [0.05, 0.1) is 10.0 Å². The van der Waals surface area contributed by atoms with Crippen molar-refractivity contribution in [2.24, 2.45) is 0 Å².